The van der Waals surface area contributed by atoms with Crippen molar-refractivity contribution in [3.8, 4) is 0 Å². The molecule has 6 heteroatoms. The third-order valence-electron chi connectivity index (χ3n) is 4.75. The molecule has 0 radical (unpaired) electrons. The number of pyridine rings is 1. The van der Waals surface area contributed by atoms with Crippen molar-refractivity contribution in [3.05, 3.63) is 77.6 Å². The molecule has 5 nitrogen and oxygen atoms in total. The Bertz CT molecular complexity index is 968. The first kappa shape index (κ1) is 18.3. The molecule has 0 saturated carbocycles. The van der Waals surface area contributed by atoms with E-state index < -0.39 is 0 Å². The molecule has 0 atom stereocenters. The monoisotopic (exact) mass is 392 g/mol. The van der Waals surface area contributed by atoms with Gasteiger partial charge in [0.15, 0.2) is 0 Å². The number of amides is 1. The quantitative estimate of drug-likeness (QED) is 0.616. The summed E-state index contributed by atoms with van der Waals surface area (Å²) in [5.74, 6) is -0.204. The first-order valence-electron chi connectivity index (χ1n) is 9.32. The summed E-state index contributed by atoms with van der Waals surface area (Å²) in [7, 11) is 0. The highest BCUT2D eigenvalue weighted by atomic mass is 35.5. The predicted molar refractivity (Wildman–Crippen MR) is 115 cm³/mol. The Balaban J connectivity index is 1.44. The van der Waals surface area contributed by atoms with Crippen LogP contribution in [0.3, 0.4) is 0 Å². The van der Waals surface area contributed by atoms with Gasteiger partial charge in [0.2, 0.25) is 0 Å². The van der Waals surface area contributed by atoms with E-state index in [0.717, 1.165) is 24.5 Å². The fourth-order valence-corrected chi connectivity index (χ4v) is 3.47. The Labute approximate surface area is 169 Å². The first-order chi connectivity index (χ1) is 13.7. The van der Waals surface area contributed by atoms with Crippen LogP contribution in [0.5, 0.6) is 0 Å². The number of rotatable bonds is 5. The van der Waals surface area contributed by atoms with Crippen molar-refractivity contribution in [3.63, 3.8) is 0 Å². The minimum atomic E-state index is -0.204. The highest BCUT2D eigenvalue weighted by molar-refractivity contribution is 6.33. The van der Waals surface area contributed by atoms with E-state index in [9.17, 15) is 4.79 Å². The summed E-state index contributed by atoms with van der Waals surface area (Å²) in [4.78, 5) is 19.1. The van der Waals surface area contributed by atoms with Gasteiger partial charge in [-0.15, -0.1) is 0 Å². The molecule has 2 N–H and O–H groups in total. The number of aromatic nitrogens is 1. The zero-order valence-electron chi connectivity index (χ0n) is 15.4. The second-order valence-corrected chi connectivity index (χ2v) is 7.17. The number of carbonyl (C=O) groups excluding carboxylic acids is 1. The average molecular weight is 393 g/mol. The van der Waals surface area contributed by atoms with Crippen LogP contribution in [0.25, 0.3) is 0 Å². The van der Waals surface area contributed by atoms with Crippen LogP contribution in [0.15, 0.2) is 67.0 Å². The van der Waals surface area contributed by atoms with E-state index in [1.807, 2.05) is 30.3 Å². The zero-order chi connectivity index (χ0) is 19.3. The molecular formula is C22H21ClN4O. The molecule has 1 saturated heterocycles. The van der Waals surface area contributed by atoms with E-state index in [2.05, 4.69) is 32.7 Å². The fourth-order valence-electron chi connectivity index (χ4n) is 3.28. The number of benzene rings is 2. The van der Waals surface area contributed by atoms with Gasteiger partial charge in [-0.25, -0.2) is 0 Å². The van der Waals surface area contributed by atoms with Crippen LogP contribution in [0, 0.1) is 0 Å². The maximum atomic E-state index is 12.6. The average Bonchev–Trinajstić information content (AvgIpc) is 3.25. The van der Waals surface area contributed by atoms with Gasteiger partial charge in [-0.1, -0.05) is 23.7 Å². The number of nitrogens with one attached hydrogen (secondary N) is 2. The number of anilines is 4. The molecule has 3 aromatic rings. The molecule has 142 valence electrons. The van der Waals surface area contributed by atoms with Crippen molar-refractivity contribution < 1.29 is 4.79 Å². The third-order valence-corrected chi connectivity index (χ3v) is 5.08. The SMILES string of the molecule is O=C(Nc1ccc(N2CCCC2)cc1)c1cncc(Nc2ccccc2Cl)c1. The Morgan fingerprint density at radius 1 is 0.964 bits per heavy atom. The number of hydrogen-bond acceptors (Lipinski definition) is 4. The van der Waals surface area contributed by atoms with E-state index in [1.165, 1.54) is 18.5 Å². The molecule has 1 fully saturated rings. The van der Waals surface area contributed by atoms with Crippen molar-refractivity contribution in [2.45, 2.75) is 12.8 Å². The molecular weight excluding hydrogens is 372 g/mol. The number of nitrogens with zero attached hydrogens (tertiary/aromatic N) is 2. The number of halogens is 1. The van der Waals surface area contributed by atoms with Gasteiger partial charge in [0, 0.05) is 30.7 Å². The number of carbonyl (C=O) groups is 1. The van der Waals surface area contributed by atoms with Gasteiger partial charge < -0.3 is 15.5 Å². The molecule has 1 aromatic heterocycles. The van der Waals surface area contributed by atoms with E-state index in [0.29, 0.717) is 16.3 Å². The summed E-state index contributed by atoms with van der Waals surface area (Å²) in [5.41, 5.74) is 3.90. The zero-order valence-corrected chi connectivity index (χ0v) is 16.1. The van der Waals surface area contributed by atoms with Crippen molar-refractivity contribution in [2.24, 2.45) is 0 Å². The summed E-state index contributed by atoms with van der Waals surface area (Å²) < 4.78 is 0. The van der Waals surface area contributed by atoms with Gasteiger partial charge in [0.05, 0.1) is 28.2 Å². The summed E-state index contributed by atoms with van der Waals surface area (Å²) in [5, 5.41) is 6.72. The summed E-state index contributed by atoms with van der Waals surface area (Å²) in [6.07, 6.45) is 5.69. The van der Waals surface area contributed by atoms with E-state index in [1.54, 1.807) is 24.5 Å². The number of para-hydroxylation sites is 1. The second-order valence-electron chi connectivity index (χ2n) is 6.76. The molecule has 1 amide bonds. The van der Waals surface area contributed by atoms with E-state index >= 15 is 0 Å². The molecule has 2 heterocycles. The topological polar surface area (TPSA) is 57.3 Å². The molecule has 0 aliphatic carbocycles. The molecule has 4 rings (SSSR count). The van der Waals surface area contributed by atoms with Gasteiger partial charge >= 0.3 is 0 Å². The Hall–Kier alpha value is -3.05. The lowest BCUT2D eigenvalue weighted by molar-refractivity contribution is 0.102. The lowest BCUT2D eigenvalue weighted by atomic mass is 10.2. The first-order valence-corrected chi connectivity index (χ1v) is 9.70. The van der Waals surface area contributed by atoms with E-state index in [4.69, 9.17) is 11.6 Å². The third kappa shape index (κ3) is 4.26. The van der Waals surface area contributed by atoms with Gasteiger partial charge in [-0.05, 0) is 55.3 Å². The predicted octanol–water partition coefficient (Wildman–Crippen LogP) is 5.33. The van der Waals surface area contributed by atoms with Crippen LogP contribution in [-0.2, 0) is 0 Å². The minimum Gasteiger partial charge on any atom is -0.372 e. The van der Waals surface area contributed by atoms with Crippen LogP contribution < -0.4 is 15.5 Å². The standard InChI is InChI=1S/C22H21ClN4O/c23-20-5-1-2-6-21(20)25-18-13-16(14-24-15-18)22(28)26-17-7-9-19(10-8-17)27-11-3-4-12-27/h1-2,5-10,13-15,25H,3-4,11-12H2,(H,26,28). The minimum absolute atomic E-state index is 0.204. The van der Waals surface area contributed by atoms with E-state index in [-0.39, 0.29) is 5.91 Å². The van der Waals surface area contributed by atoms with Gasteiger partial charge in [-0.2, -0.15) is 0 Å². The van der Waals surface area contributed by atoms with Crippen LogP contribution in [0.4, 0.5) is 22.7 Å². The lowest BCUT2D eigenvalue weighted by Gasteiger charge is -2.17. The lowest BCUT2D eigenvalue weighted by Crippen LogP contribution is -2.17. The molecule has 0 bridgehead atoms. The highest BCUT2D eigenvalue weighted by Gasteiger charge is 2.13. The molecule has 28 heavy (non-hydrogen) atoms. The molecule has 0 spiro atoms. The second kappa shape index (κ2) is 8.31. The molecule has 1 aliphatic rings. The summed E-state index contributed by atoms with van der Waals surface area (Å²) in [6, 6.07) is 17.2. The molecule has 1 aliphatic heterocycles. The summed E-state index contributed by atoms with van der Waals surface area (Å²) in [6.45, 7) is 2.20. The Morgan fingerprint density at radius 3 is 2.46 bits per heavy atom. The van der Waals surface area contributed by atoms with Crippen LogP contribution in [0.1, 0.15) is 23.2 Å². The van der Waals surface area contributed by atoms with Crippen LogP contribution in [0.2, 0.25) is 5.02 Å². The maximum absolute atomic E-state index is 12.6. The maximum Gasteiger partial charge on any atom is 0.257 e. The molecule has 2 aromatic carbocycles. The molecule has 0 unspecified atom stereocenters. The van der Waals surface area contributed by atoms with Crippen LogP contribution >= 0.6 is 11.6 Å². The van der Waals surface area contributed by atoms with Gasteiger partial charge in [0.25, 0.3) is 5.91 Å². The van der Waals surface area contributed by atoms with Crippen molar-refractivity contribution in [2.75, 3.05) is 28.6 Å². The van der Waals surface area contributed by atoms with Crippen molar-refractivity contribution >= 4 is 40.3 Å². The smallest absolute Gasteiger partial charge is 0.257 e. The Morgan fingerprint density at radius 2 is 1.71 bits per heavy atom. The largest absolute Gasteiger partial charge is 0.372 e. The normalized spacial score (nSPS) is 13.4. The highest BCUT2D eigenvalue weighted by Crippen LogP contribution is 2.25. The fraction of sp³-hybridized carbons (Fsp3) is 0.182. The van der Waals surface area contributed by atoms with Gasteiger partial charge in [0.1, 0.15) is 0 Å². The number of hydrogen-bond donors (Lipinski definition) is 2. The van der Waals surface area contributed by atoms with Crippen molar-refractivity contribution in [1.29, 1.82) is 0 Å². The summed E-state index contributed by atoms with van der Waals surface area (Å²) >= 11 is 6.18. The van der Waals surface area contributed by atoms with Crippen molar-refractivity contribution in [1.82, 2.24) is 4.98 Å². The van der Waals surface area contributed by atoms with Crippen LogP contribution in [-0.4, -0.2) is 24.0 Å². The van der Waals surface area contributed by atoms with Gasteiger partial charge in [-0.3, -0.25) is 9.78 Å². The Kier molecular flexibility index (Phi) is 5.44.